The van der Waals surface area contributed by atoms with Crippen LogP contribution in [0.5, 0.6) is 0 Å². The summed E-state index contributed by atoms with van der Waals surface area (Å²) in [6, 6.07) is 5.66. The maximum Gasteiger partial charge on any atom is 0.320 e. The van der Waals surface area contributed by atoms with Gasteiger partial charge in [-0.25, -0.2) is 4.79 Å². The van der Waals surface area contributed by atoms with E-state index in [-0.39, 0.29) is 16.5 Å². The van der Waals surface area contributed by atoms with Crippen molar-refractivity contribution in [2.45, 2.75) is 32.7 Å². The lowest BCUT2D eigenvalue weighted by Gasteiger charge is -2.16. The van der Waals surface area contributed by atoms with Crippen molar-refractivity contribution in [3.8, 4) is 10.4 Å². The lowest BCUT2D eigenvalue weighted by molar-refractivity contribution is -0.139. The Morgan fingerprint density at radius 1 is 1.20 bits per heavy atom. The van der Waals surface area contributed by atoms with Gasteiger partial charge in [-0.15, -0.1) is 11.3 Å². The first kappa shape index (κ1) is 23.7. The number of hydrogen-bond donors (Lipinski definition) is 5. The number of rotatable bonds is 10. The zero-order valence-corrected chi connectivity index (χ0v) is 18.3. The summed E-state index contributed by atoms with van der Waals surface area (Å²) in [6.45, 7) is 4.46. The zero-order chi connectivity index (χ0) is 22.4. The molecule has 1 heterocycles. The van der Waals surface area contributed by atoms with Crippen LogP contribution in [-0.2, 0) is 11.2 Å². The topological polar surface area (TPSA) is 148 Å². The molecule has 7 N–H and O–H groups in total. The van der Waals surface area contributed by atoms with Gasteiger partial charge in [0, 0.05) is 15.5 Å². The monoisotopic (exact) mass is 452 g/mol. The molecule has 162 valence electrons. The molecule has 1 atom stereocenters. The molecule has 0 aliphatic carbocycles. The lowest BCUT2D eigenvalue weighted by atomic mass is 10.0. The second kappa shape index (κ2) is 10.4. The molecule has 0 aliphatic heterocycles. The van der Waals surface area contributed by atoms with Crippen molar-refractivity contribution in [1.29, 1.82) is 0 Å². The van der Waals surface area contributed by atoms with Gasteiger partial charge < -0.3 is 21.9 Å². The maximum absolute atomic E-state index is 11.6. The number of carbonyl (C=O) groups excluding carboxylic acids is 2. The predicted molar refractivity (Wildman–Crippen MR) is 119 cm³/mol. The van der Waals surface area contributed by atoms with E-state index in [9.17, 15) is 19.5 Å². The van der Waals surface area contributed by atoms with E-state index in [4.69, 9.17) is 23.1 Å². The predicted octanol–water partition coefficient (Wildman–Crippen LogP) is 3.29. The normalized spacial score (nSPS) is 12.0. The summed E-state index contributed by atoms with van der Waals surface area (Å²) in [7, 11) is 0. The van der Waals surface area contributed by atoms with Crippen LogP contribution in [0.4, 0.5) is 9.80 Å². The molecule has 8 nitrogen and oxygen atoms in total. The summed E-state index contributed by atoms with van der Waals surface area (Å²) < 4.78 is 0. The van der Waals surface area contributed by atoms with Crippen LogP contribution < -0.4 is 22.1 Å². The minimum absolute atomic E-state index is 0.156. The molecule has 1 aromatic carbocycles. The molecule has 0 radical (unpaired) electrons. The van der Waals surface area contributed by atoms with E-state index < -0.39 is 23.9 Å². The highest BCUT2D eigenvalue weighted by Crippen LogP contribution is 2.38. The fraction of sp³-hybridized carbons (Fsp3) is 0.350. The number of nitrogens with one attached hydrogen (secondary N) is 2. The van der Waals surface area contributed by atoms with Crippen LogP contribution >= 0.6 is 22.9 Å². The van der Waals surface area contributed by atoms with Gasteiger partial charge >= 0.3 is 12.0 Å². The largest absolute Gasteiger partial charge is 0.480 e. The van der Waals surface area contributed by atoms with Gasteiger partial charge in [-0.3, -0.25) is 14.9 Å². The Morgan fingerprint density at radius 3 is 2.43 bits per heavy atom. The SMILES string of the molecule is CC(C)CC(NCCc1ccc(-c2cc(C(N)=O)c(NC(N)=O)s2)c(Cl)c1)C(=O)O. The first-order valence-corrected chi connectivity index (χ1v) is 10.5. The van der Waals surface area contributed by atoms with Crippen molar-refractivity contribution in [3.63, 3.8) is 0 Å². The Kier molecular flexibility index (Phi) is 8.22. The van der Waals surface area contributed by atoms with Crippen LogP contribution in [0.15, 0.2) is 24.3 Å². The number of urea groups is 1. The van der Waals surface area contributed by atoms with Gasteiger partial charge in [0.15, 0.2) is 0 Å². The molecule has 10 heteroatoms. The van der Waals surface area contributed by atoms with Crippen molar-refractivity contribution in [3.05, 3.63) is 40.4 Å². The molecular formula is C20H25ClN4O4S. The highest BCUT2D eigenvalue weighted by Gasteiger charge is 2.19. The third kappa shape index (κ3) is 6.45. The van der Waals surface area contributed by atoms with Crippen LogP contribution in [0.2, 0.25) is 5.02 Å². The summed E-state index contributed by atoms with van der Waals surface area (Å²) in [5, 5.41) is 15.5. The van der Waals surface area contributed by atoms with Gasteiger partial charge in [0.1, 0.15) is 11.0 Å². The van der Waals surface area contributed by atoms with Crippen LogP contribution in [-0.4, -0.2) is 35.6 Å². The molecule has 0 aliphatic rings. The number of anilines is 1. The Balaban J connectivity index is 2.13. The van der Waals surface area contributed by atoms with E-state index >= 15 is 0 Å². The van der Waals surface area contributed by atoms with Crippen molar-refractivity contribution >= 4 is 45.8 Å². The summed E-state index contributed by atoms with van der Waals surface area (Å²) >= 11 is 7.58. The first-order valence-electron chi connectivity index (χ1n) is 9.33. The van der Waals surface area contributed by atoms with E-state index in [1.54, 1.807) is 12.1 Å². The summed E-state index contributed by atoms with van der Waals surface area (Å²) in [5.41, 5.74) is 12.3. The molecule has 1 unspecified atom stereocenters. The van der Waals surface area contributed by atoms with Crippen LogP contribution in [0.3, 0.4) is 0 Å². The van der Waals surface area contributed by atoms with Gasteiger partial charge in [0.2, 0.25) is 0 Å². The van der Waals surface area contributed by atoms with E-state index in [2.05, 4.69) is 10.6 Å². The number of aliphatic carboxylic acids is 1. The molecule has 2 rings (SSSR count). The Labute approximate surface area is 183 Å². The number of halogens is 1. The smallest absolute Gasteiger partial charge is 0.320 e. The summed E-state index contributed by atoms with van der Waals surface area (Å²) in [5.74, 6) is -1.27. The average molecular weight is 453 g/mol. The lowest BCUT2D eigenvalue weighted by Crippen LogP contribution is -2.38. The van der Waals surface area contributed by atoms with Gasteiger partial charge in [0.25, 0.3) is 5.91 Å². The third-order valence-corrected chi connectivity index (χ3v) is 5.74. The number of hydrogen-bond acceptors (Lipinski definition) is 5. The third-order valence-electron chi connectivity index (χ3n) is 4.34. The van der Waals surface area contributed by atoms with Crippen molar-refractivity contribution < 1.29 is 19.5 Å². The number of nitrogens with two attached hydrogens (primary N) is 2. The minimum Gasteiger partial charge on any atom is -0.480 e. The number of carbonyl (C=O) groups is 3. The summed E-state index contributed by atoms with van der Waals surface area (Å²) in [4.78, 5) is 34.8. The van der Waals surface area contributed by atoms with Gasteiger partial charge in [-0.05, 0) is 43.0 Å². The van der Waals surface area contributed by atoms with Gasteiger partial charge in [-0.1, -0.05) is 37.6 Å². The van der Waals surface area contributed by atoms with E-state index in [0.29, 0.717) is 34.8 Å². The van der Waals surface area contributed by atoms with Crippen LogP contribution in [0, 0.1) is 5.92 Å². The molecule has 0 bridgehead atoms. The van der Waals surface area contributed by atoms with E-state index in [1.807, 2.05) is 26.0 Å². The molecule has 2 aromatic rings. The highest BCUT2D eigenvalue weighted by atomic mass is 35.5. The number of carboxylic acid groups (broad SMARTS) is 1. The maximum atomic E-state index is 11.6. The van der Waals surface area contributed by atoms with Gasteiger partial charge in [0.05, 0.1) is 5.56 Å². The highest BCUT2D eigenvalue weighted by molar-refractivity contribution is 7.20. The number of amides is 3. The van der Waals surface area contributed by atoms with Crippen molar-refractivity contribution in [1.82, 2.24) is 5.32 Å². The molecule has 3 amide bonds. The molecular weight excluding hydrogens is 428 g/mol. The number of thiophene rings is 1. The quantitative estimate of drug-likeness (QED) is 0.375. The van der Waals surface area contributed by atoms with Crippen molar-refractivity contribution in [2.75, 3.05) is 11.9 Å². The number of benzene rings is 1. The molecule has 1 aromatic heterocycles. The van der Waals surface area contributed by atoms with Crippen molar-refractivity contribution in [2.24, 2.45) is 17.4 Å². The molecule has 0 saturated heterocycles. The molecule has 0 saturated carbocycles. The first-order chi connectivity index (χ1) is 14.1. The molecule has 0 spiro atoms. The number of primary amides is 2. The molecule has 30 heavy (non-hydrogen) atoms. The zero-order valence-electron chi connectivity index (χ0n) is 16.7. The fourth-order valence-electron chi connectivity index (χ4n) is 2.96. The summed E-state index contributed by atoms with van der Waals surface area (Å²) in [6.07, 6.45) is 1.16. The minimum atomic E-state index is -0.861. The average Bonchev–Trinajstić information content (AvgIpc) is 3.03. The van der Waals surface area contributed by atoms with E-state index in [1.165, 1.54) is 0 Å². The molecule has 0 fully saturated rings. The van der Waals surface area contributed by atoms with Crippen LogP contribution in [0.25, 0.3) is 10.4 Å². The Bertz CT molecular complexity index is 945. The number of carboxylic acids is 1. The van der Waals surface area contributed by atoms with Crippen LogP contribution in [0.1, 0.15) is 36.2 Å². The standard InChI is InChI=1S/C20H25ClN4O4S/c1-10(2)7-15(19(27)28)24-6-5-11-3-4-12(14(21)8-11)16-9-13(17(22)26)18(30-16)25-20(23)29/h3-4,8-10,15,24H,5-7H2,1-2H3,(H2,22,26)(H,27,28)(H3,23,25,29). The second-order valence-electron chi connectivity index (χ2n) is 7.25. The van der Waals surface area contributed by atoms with Gasteiger partial charge in [-0.2, -0.15) is 0 Å². The second-order valence-corrected chi connectivity index (χ2v) is 8.71. The Hall–Kier alpha value is -2.62. The van der Waals surface area contributed by atoms with E-state index in [0.717, 1.165) is 16.9 Å². The fourth-order valence-corrected chi connectivity index (χ4v) is 4.43. The Morgan fingerprint density at radius 2 is 1.90 bits per heavy atom.